The second-order valence-electron chi connectivity index (χ2n) is 9.24. The molecule has 0 aromatic carbocycles. The Hall–Kier alpha value is 0.508. The predicted molar refractivity (Wildman–Crippen MR) is 149 cm³/mol. The molecule has 0 bridgehead atoms. The van der Waals surface area contributed by atoms with Crippen LogP contribution in [0.25, 0.3) is 0 Å². The number of hydrogen-bond donors (Lipinski definition) is 0. The molecule has 0 rings (SSSR count). The van der Waals surface area contributed by atoms with Gasteiger partial charge in [-0.1, -0.05) is 51.2 Å². The van der Waals surface area contributed by atoms with Crippen molar-refractivity contribution >= 4 is 34.5 Å². The van der Waals surface area contributed by atoms with Gasteiger partial charge in [0.2, 0.25) is 0 Å². The van der Waals surface area contributed by atoms with Crippen molar-refractivity contribution in [2.45, 2.75) is 81.3 Å². The van der Waals surface area contributed by atoms with Crippen molar-refractivity contribution in [2.24, 2.45) is 0 Å². The Kier molecular flexibility index (Phi) is 18.2. The summed E-state index contributed by atoms with van der Waals surface area (Å²) in [5.41, 5.74) is 0.673. The molecular formula is C22H54O9Si4. The zero-order chi connectivity index (χ0) is 27.0. The molecule has 0 N–H and O–H groups in total. The molecule has 0 aliphatic rings. The molecule has 1 atom stereocenters. The summed E-state index contributed by atoms with van der Waals surface area (Å²) in [7, 11) is 5.78. The Balaban J connectivity index is 5.51. The molecule has 0 aromatic heterocycles. The van der Waals surface area contributed by atoms with Gasteiger partial charge in [-0.15, -0.1) is 0 Å². The highest BCUT2D eigenvalue weighted by atomic mass is 28.4. The maximum atomic E-state index is 5.68. The van der Waals surface area contributed by atoms with Crippen molar-refractivity contribution in [3.63, 3.8) is 0 Å². The fourth-order valence-corrected chi connectivity index (χ4v) is 16.1. The van der Waals surface area contributed by atoms with Gasteiger partial charge in [-0.05, 0) is 12.0 Å². The first-order chi connectivity index (χ1) is 16.6. The van der Waals surface area contributed by atoms with E-state index in [2.05, 4.69) is 13.5 Å². The minimum atomic E-state index is -2.58. The summed E-state index contributed by atoms with van der Waals surface area (Å²) < 4.78 is 51.0. The average Bonchev–Trinajstić information content (AvgIpc) is 2.90. The maximum absolute atomic E-state index is 5.68. The van der Waals surface area contributed by atoms with Gasteiger partial charge in [0.05, 0.1) is 8.07 Å². The van der Waals surface area contributed by atoms with Crippen LogP contribution in [-0.2, 0) is 39.8 Å². The quantitative estimate of drug-likeness (QED) is 0.156. The van der Waals surface area contributed by atoms with Crippen molar-refractivity contribution in [1.29, 1.82) is 0 Å². The Morgan fingerprint density at radius 1 is 0.457 bits per heavy atom. The molecule has 0 aliphatic heterocycles. The lowest BCUT2D eigenvalue weighted by atomic mass is 10.2. The first kappa shape index (κ1) is 35.5. The van der Waals surface area contributed by atoms with Crippen LogP contribution in [0, 0.1) is 0 Å². The van der Waals surface area contributed by atoms with E-state index in [0.29, 0.717) is 5.54 Å². The molecule has 0 spiro atoms. The first-order valence-corrected chi connectivity index (χ1v) is 21.4. The molecule has 0 saturated carbocycles. The standard InChI is InChI=1S/C22H54O9Si4/c1-12-22(16-13-19-33(23-2,24-3)25-4)32(11,17-14-20-34(26-5,27-6)28-7)18-15-21-35(29-8,30-9)31-10/h22H,12-21H2,1-11H3. The Labute approximate surface area is 219 Å². The molecular weight excluding hydrogens is 521 g/mol. The third-order valence-electron chi connectivity index (χ3n) is 7.77. The van der Waals surface area contributed by atoms with Crippen LogP contribution in [0.15, 0.2) is 0 Å². The smallest absolute Gasteiger partial charge is 0.377 e. The van der Waals surface area contributed by atoms with E-state index in [-0.39, 0.29) is 0 Å². The normalized spacial score (nSPS) is 14.5. The van der Waals surface area contributed by atoms with Gasteiger partial charge in [-0.2, -0.15) is 0 Å². The molecule has 9 nitrogen and oxygen atoms in total. The number of hydrogen-bond acceptors (Lipinski definition) is 9. The van der Waals surface area contributed by atoms with E-state index in [1.807, 2.05) is 0 Å². The topological polar surface area (TPSA) is 83.1 Å². The minimum absolute atomic E-state index is 0.673. The lowest BCUT2D eigenvalue weighted by Crippen LogP contribution is -2.45. The fourth-order valence-electron chi connectivity index (χ4n) is 5.23. The zero-order valence-electron chi connectivity index (χ0n) is 24.3. The van der Waals surface area contributed by atoms with Crippen LogP contribution >= 0.6 is 0 Å². The Bertz CT molecular complexity index is 482. The van der Waals surface area contributed by atoms with E-state index < -0.39 is 34.5 Å². The van der Waals surface area contributed by atoms with E-state index >= 15 is 0 Å². The van der Waals surface area contributed by atoms with E-state index in [1.165, 1.54) is 12.1 Å². The van der Waals surface area contributed by atoms with Crippen molar-refractivity contribution in [3.8, 4) is 0 Å². The fraction of sp³-hybridized carbons (Fsp3) is 1.00. The molecule has 13 heteroatoms. The highest BCUT2D eigenvalue weighted by Crippen LogP contribution is 2.41. The van der Waals surface area contributed by atoms with E-state index in [4.69, 9.17) is 39.8 Å². The van der Waals surface area contributed by atoms with Crippen LogP contribution in [-0.4, -0.2) is 98.5 Å². The summed E-state index contributed by atoms with van der Waals surface area (Å²) in [6.07, 6.45) is 5.41. The first-order valence-electron chi connectivity index (χ1n) is 12.6. The van der Waals surface area contributed by atoms with Crippen LogP contribution in [0.4, 0.5) is 0 Å². The largest absolute Gasteiger partial charge is 0.500 e. The summed E-state index contributed by atoms with van der Waals surface area (Å²) in [4.78, 5) is 0. The van der Waals surface area contributed by atoms with Crippen LogP contribution in [0.3, 0.4) is 0 Å². The molecule has 0 saturated heterocycles. The molecule has 0 radical (unpaired) electrons. The molecule has 0 heterocycles. The molecule has 0 fully saturated rings. The minimum Gasteiger partial charge on any atom is -0.377 e. The third kappa shape index (κ3) is 10.7. The van der Waals surface area contributed by atoms with Gasteiger partial charge < -0.3 is 39.8 Å². The lowest BCUT2D eigenvalue weighted by Gasteiger charge is -2.38. The van der Waals surface area contributed by atoms with Crippen molar-refractivity contribution in [1.82, 2.24) is 0 Å². The van der Waals surface area contributed by atoms with Crippen LogP contribution in [0.2, 0.25) is 42.3 Å². The third-order valence-corrected chi connectivity index (χ3v) is 21.9. The SMILES string of the molecule is CCC(CCC[Si](OC)(OC)OC)[Si](C)(CCC[Si](OC)(OC)OC)CCC[Si](OC)(OC)OC. The summed E-state index contributed by atoms with van der Waals surface area (Å²) in [5.74, 6) is 0. The summed E-state index contributed by atoms with van der Waals surface area (Å²) >= 11 is 0. The van der Waals surface area contributed by atoms with Crippen molar-refractivity contribution < 1.29 is 39.8 Å². The van der Waals surface area contributed by atoms with Crippen molar-refractivity contribution in [2.75, 3.05) is 64.0 Å². The average molecular weight is 575 g/mol. The molecule has 0 amide bonds. The second kappa shape index (κ2) is 17.9. The van der Waals surface area contributed by atoms with Gasteiger partial charge in [-0.25, -0.2) is 0 Å². The molecule has 0 aliphatic carbocycles. The van der Waals surface area contributed by atoms with Gasteiger partial charge in [0.1, 0.15) is 0 Å². The van der Waals surface area contributed by atoms with Crippen LogP contribution in [0.5, 0.6) is 0 Å². The lowest BCUT2D eigenvalue weighted by molar-refractivity contribution is 0.122. The summed E-state index contributed by atoms with van der Waals surface area (Å²) in [6, 6.07) is 4.88. The van der Waals surface area contributed by atoms with Gasteiger partial charge >= 0.3 is 26.4 Å². The maximum Gasteiger partial charge on any atom is 0.500 e. The predicted octanol–water partition coefficient (Wildman–Crippen LogP) is 5.04. The summed E-state index contributed by atoms with van der Waals surface area (Å²) in [6.45, 7) is 4.88. The number of rotatable bonds is 23. The molecule has 35 heavy (non-hydrogen) atoms. The van der Waals surface area contributed by atoms with E-state index in [0.717, 1.165) is 50.2 Å². The van der Waals surface area contributed by atoms with Gasteiger partial charge in [0.15, 0.2) is 0 Å². The highest BCUT2D eigenvalue weighted by molar-refractivity contribution is 6.80. The van der Waals surface area contributed by atoms with Crippen LogP contribution < -0.4 is 0 Å². The van der Waals surface area contributed by atoms with Crippen LogP contribution in [0.1, 0.15) is 39.0 Å². The Morgan fingerprint density at radius 2 is 0.743 bits per heavy atom. The zero-order valence-corrected chi connectivity index (χ0v) is 28.3. The Morgan fingerprint density at radius 3 is 1.00 bits per heavy atom. The molecule has 1 unspecified atom stereocenters. The van der Waals surface area contributed by atoms with E-state index in [9.17, 15) is 0 Å². The molecule has 0 aromatic rings. The van der Waals surface area contributed by atoms with Gasteiger partial charge in [0, 0.05) is 82.1 Å². The van der Waals surface area contributed by atoms with Crippen molar-refractivity contribution in [3.05, 3.63) is 0 Å². The monoisotopic (exact) mass is 574 g/mol. The summed E-state index contributed by atoms with van der Waals surface area (Å²) in [5, 5.41) is 0. The van der Waals surface area contributed by atoms with Gasteiger partial charge in [-0.3, -0.25) is 0 Å². The van der Waals surface area contributed by atoms with Gasteiger partial charge in [0.25, 0.3) is 0 Å². The second-order valence-corrected chi connectivity index (χ2v) is 23.6. The highest BCUT2D eigenvalue weighted by Gasteiger charge is 2.43. The van der Waals surface area contributed by atoms with E-state index in [1.54, 1.807) is 64.0 Å². The molecule has 212 valence electrons.